The molecule has 0 radical (unpaired) electrons. The molecule has 84 valence electrons. The first kappa shape index (κ1) is 13.9. The Hall–Kier alpha value is -0.0500. The average Bonchev–Trinajstić information content (AvgIpc) is 2.17. The minimum absolute atomic E-state index is 0.108. The molecule has 1 atom stereocenters. The van der Waals surface area contributed by atoms with Gasteiger partial charge in [-0.2, -0.15) is 0 Å². The van der Waals surface area contributed by atoms with Crippen LogP contribution in [0.5, 0.6) is 0 Å². The number of esters is 1. The van der Waals surface area contributed by atoms with Crippen LogP contribution in [-0.4, -0.2) is 17.4 Å². The lowest BCUT2D eigenvalue weighted by Crippen LogP contribution is -2.17. The Bertz CT molecular complexity index is 148. The van der Waals surface area contributed by atoms with Gasteiger partial charge in [-0.1, -0.05) is 55.5 Å². The van der Waals surface area contributed by atoms with Crippen LogP contribution in [0.4, 0.5) is 0 Å². The molecule has 0 aliphatic carbocycles. The van der Waals surface area contributed by atoms with Crippen molar-refractivity contribution in [2.24, 2.45) is 0 Å². The first-order valence-electron chi connectivity index (χ1n) is 5.53. The molecule has 1 unspecified atom stereocenters. The molecule has 0 aromatic heterocycles. The van der Waals surface area contributed by atoms with E-state index >= 15 is 0 Å². The zero-order chi connectivity index (χ0) is 10.8. The number of rotatable bonds is 8. The van der Waals surface area contributed by atoms with Crippen molar-refractivity contribution in [3.05, 3.63) is 0 Å². The van der Waals surface area contributed by atoms with Crippen molar-refractivity contribution in [2.45, 2.75) is 57.2 Å². The number of carbonyl (C=O) groups is 1. The van der Waals surface area contributed by atoms with E-state index in [0.29, 0.717) is 6.61 Å². The van der Waals surface area contributed by atoms with Gasteiger partial charge in [0.2, 0.25) is 0 Å². The lowest BCUT2D eigenvalue weighted by atomic mass is 10.2. The molecule has 0 aliphatic heterocycles. The van der Waals surface area contributed by atoms with Crippen molar-refractivity contribution < 1.29 is 9.53 Å². The van der Waals surface area contributed by atoms with E-state index in [2.05, 4.69) is 29.8 Å². The molecule has 0 N–H and O–H groups in total. The molecule has 0 amide bonds. The summed E-state index contributed by atoms with van der Waals surface area (Å²) in [7, 11) is 0. The van der Waals surface area contributed by atoms with Gasteiger partial charge in [-0.15, -0.1) is 0 Å². The number of alkyl halides is 1. The van der Waals surface area contributed by atoms with Gasteiger partial charge in [-0.05, 0) is 12.8 Å². The van der Waals surface area contributed by atoms with Gasteiger partial charge in [-0.3, -0.25) is 4.79 Å². The lowest BCUT2D eigenvalue weighted by molar-refractivity contribution is -0.143. The molecule has 0 aliphatic rings. The Morgan fingerprint density at radius 1 is 1.21 bits per heavy atom. The van der Waals surface area contributed by atoms with Gasteiger partial charge >= 0.3 is 5.97 Å². The van der Waals surface area contributed by atoms with Crippen molar-refractivity contribution in [1.82, 2.24) is 0 Å². The number of halogens is 1. The molecule has 0 rings (SSSR count). The van der Waals surface area contributed by atoms with Crippen molar-refractivity contribution in [1.29, 1.82) is 0 Å². The highest BCUT2D eigenvalue weighted by Gasteiger charge is 2.14. The first-order chi connectivity index (χ1) is 6.72. The van der Waals surface area contributed by atoms with Crippen molar-refractivity contribution in [3.63, 3.8) is 0 Å². The quantitative estimate of drug-likeness (QED) is 0.380. The predicted molar refractivity (Wildman–Crippen MR) is 62.7 cm³/mol. The second kappa shape index (κ2) is 9.50. The summed E-state index contributed by atoms with van der Waals surface area (Å²) in [5, 5.41) is 0. The van der Waals surface area contributed by atoms with Crippen LogP contribution in [0.1, 0.15) is 52.4 Å². The summed E-state index contributed by atoms with van der Waals surface area (Å²) in [5.74, 6) is -0.108. The van der Waals surface area contributed by atoms with E-state index in [0.717, 1.165) is 25.7 Å². The molecule has 0 saturated carbocycles. The van der Waals surface area contributed by atoms with E-state index in [-0.39, 0.29) is 10.8 Å². The second-order valence-electron chi connectivity index (χ2n) is 3.48. The molecule has 0 aromatic carbocycles. The van der Waals surface area contributed by atoms with E-state index in [9.17, 15) is 4.79 Å². The monoisotopic (exact) mass is 264 g/mol. The van der Waals surface area contributed by atoms with Crippen LogP contribution in [-0.2, 0) is 9.53 Å². The zero-order valence-electron chi connectivity index (χ0n) is 9.22. The molecule has 0 bridgehead atoms. The maximum absolute atomic E-state index is 11.3. The molecular weight excluding hydrogens is 244 g/mol. The number of hydrogen-bond donors (Lipinski definition) is 0. The van der Waals surface area contributed by atoms with Crippen molar-refractivity contribution in [2.75, 3.05) is 6.61 Å². The average molecular weight is 265 g/mol. The summed E-state index contributed by atoms with van der Waals surface area (Å²) in [4.78, 5) is 11.2. The number of carbonyl (C=O) groups excluding carboxylic acids is 1. The van der Waals surface area contributed by atoms with E-state index in [1.807, 2.05) is 0 Å². The fourth-order valence-corrected chi connectivity index (χ4v) is 1.75. The highest BCUT2D eigenvalue weighted by Crippen LogP contribution is 2.10. The molecule has 2 nitrogen and oxygen atoms in total. The third-order valence-corrected chi connectivity index (χ3v) is 2.87. The predicted octanol–water partition coefficient (Wildman–Crippen LogP) is 3.67. The molecular formula is C11H21BrO2. The van der Waals surface area contributed by atoms with Gasteiger partial charge in [0.15, 0.2) is 0 Å². The highest BCUT2D eigenvalue weighted by atomic mass is 79.9. The molecule has 0 spiro atoms. The Balaban J connectivity index is 3.34. The van der Waals surface area contributed by atoms with Crippen molar-refractivity contribution >= 4 is 21.9 Å². The Morgan fingerprint density at radius 2 is 1.93 bits per heavy atom. The third kappa shape index (κ3) is 7.36. The standard InChI is InChI=1S/C11H21BrO2/c1-3-5-6-7-9-14-11(13)10(12)8-4-2/h10H,3-9H2,1-2H3. The minimum Gasteiger partial charge on any atom is -0.465 e. The fraction of sp³-hybridized carbons (Fsp3) is 0.909. The van der Waals surface area contributed by atoms with Crippen LogP contribution in [0.2, 0.25) is 0 Å². The van der Waals surface area contributed by atoms with Gasteiger partial charge in [0, 0.05) is 0 Å². The Kier molecular flexibility index (Phi) is 9.47. The summed E-state index contributed by atoms with van der Waals surface area (Å²) in [6.07, 6.45) is 6.44. The normalized spacial score (nSPS) is 12.5. The lowest BCUT2D eigenvalue weighted by Gasteiger charge is -2.08. The Morgan fingerprint density at radius 3 is 2.50 bits per heavy atom. The third-order valence-electron chi connectivity index (χ3n) is 2.04. The number of hydrogen-bond acceptors (Lipinski definition) is 2. The van der Waals surface area contributed by atoms with Gasteiger partial charge in [0.1, 0.15) is 4.83 Å². The van der Waals surface area contributed by atoms with E-state index in [1.165, 1.54) is 12.8 Å². The van der Waals surface area contributed by atoms with Crippen molar-refractivity contribution in [3.8, 4) is 0 Å². The number of unbranched alkanes of at least 4 members (excludes halogenated alkanes) is 3. The molecule has 0 heterocycles. The van der Waals surface area contributed by atoms with Crippen LogP contribution in [0.25, 0.3) is 0 Å². The molecule has 3 heteroatoms. The van der Waals surface area contributed by atoms with Gasteiger partial charge in [-0.25, -0.2) is 0 Å². The van der Waals surface area contributed by atoms with Crippen LogP contribution in [0, 0.1) is 0 Å². The fourth-order valence-electron chi connectivity index (χ4n) is 1.16. The van der Waals surface area contributed by atoms with Crippen LogP contribution < -0.4 is 0 Å². The number of ether oxygens (including phenoxy) is 1. The molecule has 0 aromatic rings. The molecule has 0 fully saturated rings. The van der Waals surface area contributed by atoms with Gasteiger partial charge in [0.05, 0.1) is 6.61 Å². The second-order valence-corrected chi connectivity index (χ2v) is 4.59. The minimum atomic E-state index is -0.112. The summed E-state index contributed by atoms with van der Waals surface area (Å²) >= 11 is 3.31. The van der Waals surface area contributed by atoms with Gasteiger partial charge < -0.3 is 4.74 Å². The summed E-state index contributed by atoms with van der Waals surface area (Å²) in [6, 6.07) is 0. The summed E-state index contributed by atoms with van der Waals surface area (Å²) in [6.45, 7) is 4.80. The summed E-state index contributed by atoms with van der Waals surface area (Å²) < 4.78 is 5.12. The first-order valence-corrected chi connectivity index (χ1v) is 6.44. The molecule has 14 heavy (non-hydrogen) atoms. The van der Waals surface area contributed by atoms with Crippen LogP contribution >= 0.6 is 15.9 Å². The maximum Gasteiger partial charge on any atom is 0.319 e. The van der Waals surface area contributed by atoms with Crippen LogP contribution in [0.15, 0.2) is 0 Å². The van der Waals surface area contributed by atoms with E-state index in [1.54, 1.807) is 0 Å². The van der Waals surface area contributed by atoms with Crippen LogP contribution in [0.3, 0.4) is 0 Å². The Labute approximate surface area is 95.5 Å². The van der Waals surface area contributed by atoms with E-state index < -0.39 is 0 Å². The topological polar surface area (TPSA) is 26.3 Å². The summed E-state index contributed by atoms with van der Waals surface area (Å²) in [5.41, 5.74) is 0. The van der Waals surface area contributed by atoms with Gasteiger partial charge in [0.25, 0.3) is 0 Å². The largest absolute Gasteiger partial charge is 0.465 e. The smallest absolute Gasteiger partial charge is 0.319 e. The van der Waals surface area contributed by atoms with E-state index in [4.69, 9.17) is 4.74 Å². The SMILES string of the molecule is CCCCCCOC(=O)C(Br)CCC. The zero-order valence-corrected chi connectivity index (χ0v) is 10.8. The highest BCUT2D eigenvalue weighted by molar-refractivity contribution is 9.10. The maximum atomic E-state index is 11.3. The molecule has 0 saturated heterocycles.